The van der Waals surface area contributed by atoms with Crippen molar-refractivity contribution in [2.24, 2.45) is 0 Å². The van der Waals surface area contributed by atoms with Crippen LogP contribution in [0.5, 0.6) is 0 Å². The van der Waals surface area contributed by atoms with Crippen molar-refractivity contribution < 1.29 is 0 Å². The molecule has 2 rings (SSSR count). The highest BCUT2D eigenvalue weighted by Crippen LogP contribution is 2.27. The van der Waals surface area contributed by atoms with E-state index in [2.05, 4.69) is 47.6 Å². The number of thioether (sulfide) groups is 1. The lowest BCUT2D eigenvalue weighted by molar-refractivity contribution is 0.661. The summed E-state index contributed by atoms with van der Waals surface area (Å²) in [6.45, 7) is 4.15. The molecule has 0 aliphatic carbocycles. The van der Waals surface area contributed by atoms with E-state index in [1.54, 1.807) is 6.20 Å². The Bertz CT molecular complexity index is 584. The van der Waals surface area contributed by atoms with Crippen LogP contribution in [-0.2, 0) is 0 Å². The Kier molecular flexibility index (Phi) is 5.04. The van der Waals surface area contributed by atoms with Gasteiger partial charge in [-0.25, -0.2) is 4.98 Å². The zero-order valence-corrected chi connectivity index (χ0v) is 13.0. The Labute approximate surface area is 125 Å². The van der Waals surface area contributed by atoms with E-state index in [0.717, 1.165) is 16.9 Å². The SMILES string of the molecule is CNC(CSc1cccc(C)c1)c1cc(C)cnc1N. The average molecular weight is 287 g/mol. The maximum atomic E-state index is 6.00. The predicted molar refractivity (Wildman–Crippen MR) is 87.1 cm³/mol. The molecule has 3 nitrogen and oxygen atoms in total. The van der Waals surface area contributed by atoms with Gasteiger partial charge in [-0.05, 0) is 44.7 Å². The number of aromatic nitrogens is 1. The second kappa shape index (κ2) is 6.77. The highest BCUT2D eigenvalue weighted by molar-refractivity contribution is 7.99. The van der Waals surface area contributed by atoms with Crippen LogP contribution < -0.4 is 11.1 Å². The molecule has 1 aromatic carbocycles. The van der Waals surface area contributed by atoms with E-state index in [1.165, 1.54) is 10.5 Å². The Morgan fingerprint density at radius 3 is 2.75 bits per heavy atom. The number of hydrogen-bond donors (Lipinski definition) is 2. The first-order valence-electron chi connectivity index (χ1n) is 6.69. The summed E-state index contributed by atoms with van der Waals surface area (Å²) >= 11 is 1.83. The predicted octanol–water partition coefficient (Wildman–Crippen LogP) is 3.33. The topological polar surface area (TPSA) is 50.9 Å². The molecule has 0 aliphatic heterocycles. The first-order valence-corrected chi connectivity index (χ1v) is 7.67. The molecule has 0 saturated heterocycles. The van der Waals surface area contributed by atoms with Crippen LogP contribution in [0.25, 0.3) is 0 Å². The normalized spacial score (nSPS) is 12.3. The van der Waals surface area contributed by atoms with Crippen molar-refractivity contribution in [3.05, 3.63) is 53.2 Å². The molecule has 2 aromatic rings. The molecule has 1 unspecified atom stereocenters. The van der Waals surface area contributed by atoms with Gasteiger partial charge in [0.05, 0.1) is 0 Å². The van der Waals surface area contributed by atoms with Crippen molar-refractivity contribution >= 4 is 17.6 Å². The van der Waals surface area contributed by atoms with E-state index in [1.807, 2.05) is 25.7 Å². The van der Waals surface area contributed by atoms with Crippen LogP contribution in [0.3, 0.4) is 0 Å². The van der Waals surface area contributed by atoms with Gasteiger partial charge in [0, 0.05) is 28.5 Å². The van der Waals surface area contributed by atoms with Gasteiger partial charge in [0.2, 0.25) is 0 Å². The number of hydrogen-bond acceptors (Lipinski definition) is 4. The molecule has 1 aromatic heterocycles. The lowest BCUT2D eigenvalue weighted by Gasteiger charge is -2.18. The maximum absolute atomic E-state index is 6.00. The second-order valence-electron chi connectivity index (χ2n) is 4.96. The van der Waals surface area contributed by atoms with Crippen LogP contribution in [0, 0.1) is 13.8 Å². The van der Waals surface area contributed by atoms with E-state index in [4.69, 9.17) is 5.73 Å². The molecule has 4 heteroatoms. The Morgan fingerprint density at radius 2 is 2.05 bits per heavy atom. The van der Waals surface area contributed by atoms with Gasteiger partial charge in [-0.3, -0.25) is 0 Å². The molecular weight excluding hydrogens is 266 g/mol. The third-order valence-electron chi connectivity index (χ3n) is 3.22. The molecule has 0 bridgehead atoms. The first kappa shape index (κ1) is 14.9. The number of nitrogens with two attached hydrogens (primary N) is 1. The Morgan fingerprint density at radius 1 is 1.25 bits per heavy atom. The summed E-state index contributed by atoms with van der Waals surface area (Å²) in [5.74, 6) is 1.54. The Hall–Kier alpha value is -1.52. The van der Waals surface area contributed by atoms with Gasteiger partial charge in [0.15, 0.2) is 0 Å². The van der Waals surface area contributed by atoms with Crippen molar-refractivity contribution in [1.82, 2.24) is 10.3 Å². The number of pyridine rings is 1. The molecule has 0 spiro atoms. The molecule has 20 heavy (non-hydrogen) atoms. The van der Waals surface area contributed by atoms with Crippen LogP contribution >= 0.6 is 11.8 Å². The minimum absolute atomic E-state index is 0.202. The molecule has 3 N–H and O–H groups in total. The van der Waals surface area contributed by atoms with E-state index in [9.17, 15) is 0 Å². The van der Waals surface area contributed by atoms with E-state index in [0.29, 0.717) is 5.82 Å². The molecule has 0 fully saturated rings. The molecule has 0 amide bonds. The van der Waals surface area contributed by atoms with Crippen molar-refractivity contribution in [2.75, 3.05) is 18.5 Å². The number of anilines is 1. The average Bonchev–Trinajstić information content (AvgIpc) is 2.43. The summed E-state index contributed by atoms with van der Waals surface area (Å²) in [7, 11) is 1.96. The lowest BCUT2D eigenvalue weighted by Crippen LogP contribution is -2.20. The standard InChI is InChI=1S/C16H21N3S/c1-11-5-4-6-13(7-11)20-10-15(18-3)14-8-12(2)9-19-16(14)17/h4-9,15,18H,10H2,1-3H3,(H2,17,19). The fraction of sp³-hybridized carbons (Fsp3) is 0.312. The highest BCUT2D eigenvalue weighted by atomic mass is 32.2. The summed E-state index contributed by atoms with van der Waals surface area (Å²) in [6.07, 6.45) is 1.80. The molecule has 106 valence electrons. The van der Waals surface area contributed by atoms with Crippen LogP contribution in [0.15, 0.2) is 41.4 Å². The van der Waals surface area contributed by atoms with Crippen molar-refractivity contribution in [3.8, 4) is 0 Å². The number of aryl methyl sites for hydroxylation is 2. The van der Waals surface area contributed by atoms with Crippen molar-refractivity contribution in [3.63, 3.8) is 0 Å². The minimum atomic E-state index is 0.202. The van der Waals surface area contributed by atoms with Gasteiger partial charge in [-0.1, -0.05) is 17.7 Å². The highest BCUT2D eigenvalue weighted by Gasteiger charge is 2.14. The molecule has 0 aliphatic rings. The van der Waals surface area contributed by atoms with Gasteiger partial charge in [-0.2, -0.15) is 0 Å². The Balaban J connectivity index is 2.11. The zero-order chi connectivity index (χ0) is 14.5. The third-order valence-corrected chi connectivity index (χ3v) is 4.30. The van der Waals surface area contributed by atoms with Gasteiger partial charge >= 0.3 is 0 Å². The van der Waals surface area contributed by atoms with Crippen molar-refractivity contribution in [2.45, 2.75) is 24.8 Å². The monoisotopic (exact) mass is 287 g/mol. The third kappa shape index (κ3) is 3.74. The van der Waals surface area contributed by atoms with E-state index >= 15 is 0 Å². The molecular formula is C16H21N3S. The largest absolute Gasteiger partial charge is 0.383 e. The zero-order valence-electron chi connectivity index (χ0n) is 12.2. The van der Waals surface area contributed by atoms with E-state index in [-0.39, 0.29) is 6.04 Å². The fourth-order valence-corrected chi connectivity index (χ4v) is 3.24. The number of nitrogens with zero attached hydrogens (tertiary/aromatic N) is 1. The number of nitrogens with one attached hydrogen (secondary N) is 1. The quantitative estimate of drug-likeness (QED) is 0.828. The van der Waals surface area contributed by atoms with Crippen LogP contribution in [-0.4, -0.2) is 17.8 Å². The van der Waals surface area contributed by atoms with Crippen LogP contribution in [0.2, 0.25) is 0 Å². The number of rotatable bonds is 5. The summed E-state index contributed by atoms with van der Waals surface area (Å²) in [4.78, 5) is 5.53. The van der Waals surface area contributed by atoms with Gasteiger partial charge in [0.25, 0.3) is 0 Å². The fourth-order valence-electron chi connectivity index (χ4n) is 2.09. The number of nitrogen functional groups attached to an aromatic ring is 1. The second-order valence-corrected chi connectivity index (χ2v) is 6.05. The first-order chi connectivity index (χ1) is 9.60. The maximum Gasteiger partial charge on any atom is 0.128 e. The van der Waals surface area contributed by atoms with Gasteiger partial charge in [0.1, 0.15) is 5.82 Å². The van der Waals surface area contributed by atoms with Crippen LogP contribution in [0.4, 0.5) is 5.82 Å². The lowest BCUT2D eigenvalue weighted by atomic mass is 10.1. The summed E-state index contributed by atoms with van der Waals surface area (Å²) in [5, 5.41) is 3.33. The number of benzene rings is 1. The minimum Gasteiger partial charge on any atom is -0.383 e. The summed E-state index contributed by atoms with van der Waals surface area (Å²) < 4.78 is 0. The van der Waals surface area contributed by atoms with Crippen LogP contribution in [0.1, 0.15) is 22.7 Å². The summed E-state index contributed by atoms with van der Waals surface area (Å²) in [5.41, 5.74) is 9.49. The van der Waals surface area contributed by atoms with Gasteiger partial charge in [-0.15, -0.1) is 11.8 Å². The molecule has 1 heterocycles. The molecule has 0 saturated carbocycles. The van der Waals surface area contributed by atoms with Gasteiger partial charge < -0.3 is 11.1 Å². The van der Waals surface area contributed by atoms with E-state index < -0.39 is 0 Å². The smallest absolute Gasteiger partial charge is 0.128 e. The molecule has 1 atom stereocenters. The molecule has 0 radical (unpaired) electrons. The summed E-state index contributed by atoms with van der Waals surface area (Å²) in [6, 6.07) is 10.9. The van der Waals surface area contributed by atoms with Crippen molar-refractivity contribution in [1.29, 1.82) is 0 Å².